The molecule has 0 amide bonds. The summed E-state index contributed by atoms with van der Waals surface area (Å²) in [5.74, 6) is 0.610. The van der Waals surface area contributed by atoms with Crippen molar-refractivity contribution in [3.63, 3.8) is 0 Å². The van der Waals surface area contributed by atoms with E-state index in [1.165, 1.54) is 11.0 Å². The molecule has 1 unspecified atom stereocenters. The number of aromatic nitrogens is 4. The fraction of sp³-hybridized carbons (Fsp3) is 0.133. The van der Waals surface area contributed by atoms with Crippen molar-refractivity contribution in [2.75, 3.05) is 6.61 Å². The average Bonchev–Trinajstić information content (AvgIpc) is 3.08. The second-order valence-corrected chi connectivity index (χ2v) is 5.01. The summed E-state index contributed by atoms with van der Waals surface area (Å²) in [6.07, 6.45) is 0.697. The van der Waals surface area contributed by atoms with Crippen LogP contribution in [0.15, 0.2) is 54.9 Å². The van der Waals surface area contributed by atoms with Crippen LogP contribution in [-0.4, -0.2) is 31.9 Å². The molecule has 6 nitrogen and oxygen atoms in total. The Kier molecular flexibility index (Phi) is 4.32. The minimum absolute atomic E-state index is 0.1000. The number of rotatable bonds is 5. The summed E-state index contributed by atoms with van der Waals surface area (Å²) in [6, 6.07) is 14.4. The quantitative estimate of drug-likeness (QED) is 0.782. The van der Waals surface area contributed by atoms with E-state index in [0.29, 0.717) is 16.3 Å². The molecule has 1 atom stereocenters. The average molecular weight is 317 g/mol. The van der Waals surface area contributed by atoms with Gasteiger partial charge in [-0.15, -0.1) is 5.10 Å². The van der Waals surface area contributed by atoms with Gasteiger partial charge in [0.2, 0.25) is 0 Å². The van der Waals surface area contributed by atoms with Crippen molar-refractivity contribution in [2.24, 2.45) is 0 Å². The molecular formula is C15H13ClN4O2. The standard InChI is InChI=1S/C15H13ClN4O2/c16-14-7-2-1-6-13(14)15(21)9-22-12-5-3-4-11(8-12)20-10-17-18-19-20/h1-8,10,15,21H,9H2. The fourth-order valence-corrected chi connectivity index (χ4v) is 2.27. The highest BCUT2D eigenvalue weighted by Crippen LogP contribution is 2.24. The molecule has 22 heavy (non-hydrogen) atoms. The first kappa shape index (κ1) is 14.5. The summed E-state index contributed by atoms with van der Waals surface area (Å²) < 4.78 is 7.15. The van der Waals surface area contributed by atoms with Gasteiger partial charge in [0.05, 0.1) is 5.69 Å². The van der Waals surface area contributed by atoms with Gasteiger partial charge in [0.25, 0.3) is 0 Å². The Labute approximate surface area is 131 Å². The van der Waals surface area contributed by atoms with E-state index >= 15 is 0 Å². The molecule has 7 heteroatoms. The van der Waals surface area contributed by atoms with Gasteiger partial charge in [-0.25, -0.2) is 4.68 Å². The monoisotopic (exact) mass is 316 g/mol. The Hall–Kier alpha value is -2.44. The Morgan fingerprint density at radius 2 is 2.05 bits per heavy atom. The second kappa shape index (κ2) is 6.55. The third-order valence-electron chi connectivity index (χ3n) is 3.10. The molecule has 0 saturated heterocycles. The molecule has 112 valence electrons. The Morgan fingerprint density at radius 3 is 2.82 bits per heavy atom. The number of hydrogen-bond donors (Lipinski definition) is 1. The maximum absolute atomic E-state index is 10.2. The van der Waals surface area contributed by atoms with Crippen molar-refractivity contribution in [2.45, 2.75) is 6.10 Å². The maximum Gasteiger partial charge on any atom is 0.143 e. The summed E-state index contributed by atoms with van der Waals surface area (Å²) in [4.78, 5) is 0. The third kappa shape index (κ3) is 3.24. The Bertz CT molecular complexity index is 749. The lowest BCUT2D eigenvalue weighted by Gasteiger charge is -2.14. The lowest BCUT2D eigenvalue weighted by Crippen LogP contribution is -2.10. The topological polar surface area (TPSA) is 73.1 Å². The van der Waals surface area contributed by atoms with Crippen LogP contribution >= 0.6 is 11.6 Å². The number of aliphatic hydroxyl groups excluding tert-OH is 1. The van der Waals surface area contributed by atoms with E-state index in [0.717, 1.165) is 5.69 Å². The van der Waals surface area contributed by atoms with Crippen molar-refractivity contribution in [3.8, 4) is 11.4 Å². The number of ether oxygens (including phenoxy) is 1. The molecule has 0 aliphatic carbocycles. The number of tetrazole rings is 1. The molecule has 1 heterocycles. The van der Waals surface area contributed by atoms with E-state index < -0.39 is 6.10 Å². The van der Waals surface area contributed by atoms with Crippen LogP contribution in [0.4, 0.5) is 0 Å². The fourth-order valence-electron chi connectivity index (χ4n) is 2.01. The summed E-state index contributed by atoms with van der Waals surface area (Å²) in [5.41, 5.74) is 1.41. The SMILES string of the molecule is OC(COc1cccc(-n2cnnn2)c1)c1ccccc1Cl. The molecule has 3 aromatic rings. The predicted molar refractivity (Wildman–Crippen MR) is 81.1 cm³/mol. The molecular weight excluding hydrogens is 304 g/mol. The van der Waals surface area contributed by atoms with Crippen molar-refractivity contribution in [3.05, 3.63) is 65.4 Å². The lowest BCUT2D eigenvalue weighted by atomic mass is 10.1. The zero-order valence-corrected chi connectivity index (χ0v) is 12.3. The Balaban J connectivity index is 1.69. The summed E-state index contributed by atoms with van der Waals surface area (Å²) in [6.45, 7) is 0.1000. The van der Waals surface area contributed by atoms with Gasteiger partial charge in [-0.05, 0) is 28.6 Å². The van der Waals surface area contributed by atoms with E-state index in [-0.39, 0.29) is 6.61 Å². The summed E-state index contributed by atoms with van der Waals surface area (Å²) >= 11 is 6.05. The van der Waals surface area contributed by atoms with Gasteiger partial charge in [0.1, 0.15) is 24.8 Å². The minimum Gasteiger partial charge on any atom is -0.490 e. The number of hydrogen-bond acceptors (Lipinski definition) is 5. The smallest absolute Gasteiger partial charge is 0.143 e. The summed E-state index contributed by atoms with van der Waals surface area (Å²) in [5, 5.41) is 21.7. The largest absolute Gasteiger partial charge is 0.490 e. The van der Waals surface area contributed by atoms with Gasteiger partial charge in [-0.3, -0.25) is 0 Å². The van der Waals surface area contributed by atoms with Crippen LogP contribution in [0.25, 0.3) is 5.69 Å². The zero-order valence-electron chi connectivity index (χ0n) is 11.5. The molecule has 0 aliphatic rings. The zero-order chi connectivity index (χ0) is 15.4. The molecule has 1 aromatic heterocycles. The highest BCUT2D eigenvalue weighted by atomic mass is 35.5. The predicted octanol–water partition coefficient (Wildman–Crippen LogP) is 2.43. The number of benzene rings is 2. The normalized spacial score (nSPS) is 12.1. The maximum atomic E-state index is 10.2. The van der Waals surface area contributed by atoms with E-state index in [1.807, 2.05) is 24.3 Å². The highest BCUT2D eigenvalue weighted by molar-refractivity contribution is 6.31. The summed E-state index contributed by atoms with van der Waals surface area (Å²) in [7, 11) is 0. The van der Waals surface area contributed by atoms with Crippen molar-refractivity contribution in [1.29, 1.82) is 0 Å². The first-order valence-electron chi connectivity index (χ1n) is 6.63. The van der Waals surface area contributed by atoms with Gasteiger partial charge in [-0.2, -0.15) is 0 Å². The van der Waals surface area contributed by atoms with Crippen LogP contribution in [-0.2, 0) is 0 Å². The van der Waals surface area contributed by atoms with Gasteiger partial charge in [0, 0.05) is 16.7 Å². The van der Waals surface area contributed by atoms with Crippen LogP contribution in [0.3, 0.4) is 0 Å². The lowest BCUT2D eigenvalue weighted by molar-refractivity contribution is 0.108. The molecule has 0 saturated carbocycles. The van der Waals surface area contributed by atoms with Gasteiger partial charge < -0.3 is 9.84 Å². The highest BCUT2D eigenvalue weighted by Gasteiger charge is 2.12. The number of aliphatic hydroxyl groups is 1. The molecule has 0 bridgehead atoms. The number of halogens is 1. The van der Waals surface area contributed by atoms with Crippen LogP contribution in [0.1, 0.15) is 11.7 Å². The van der Waals surface area contributed by atoms with E-state index in [9.17, 15) is 5.11 Å². The first-order chi connectivity index (χ1) is 10.7. The van der Waals surface area contributed by atoms with Gasteiger partial charge in [-0.1, -0.05) is 35.9 Å². The van der Waals surface area contributed by atoms with Crippen LogP contribution in [0.5, 0.6) is 5.75 Å². The molecule has 0 radical (unpaired) electrons. The van der Waals surface area contributed by atoms with Crippen molar-refractivity contribution in [1.82, 2.24) is 20.2 Å². The van der Waals surface area contributed by atoms with E-state index in [4.69, 9.17) is 16.3 Å². The Morgan fingerprint density at radius 1 is 1.18 bits per heavy atom. The van der Waals surface area contributed by atoms with Crippen LogP contribution in [0.2, 0.25) is 5.02 Å². The van der Waals surface area contributed by atoms with E-state index in [1.54, 1.807) is 24.3 Å². The van der Waals surface area contributed by atoms with Gasteiger partial charge in [0.15, 0.2) is 0 Å². The second-order valence-electron chi connectivity index (χ2n) is 4.60. The molecule has 2 aromatic carbocycles. The molecule has 0 fully saturated rings. The molecule has 0 spiro atoms. The van der Waals surface area contributed by atoms with Crippen molar-refractivity contribution < 1.29 is 9.84 Å². The van der Waals surface area contributed by atoms with Crippen LogP contribution < -0.4 is 4.74 Å². The van der Waals surface area contributed by atoms with E-state index in [2.05, 4.69) is 15.5 Å². The first-order valence-corrected chi connectivity index (χ1v) is 7.00. The van der Waals surface area contributed by atoms with Crippen LogP contribution in [0, 0.1) is 0 Å². The molecule has 3 rings (SSSR count). The number of nitrogens with zero attached hydrogens (tertiary/aromatic N) is 4. The third-order valence-corrected chi connectivity index (χ3v) is 3.45. The van der Waals surface area contributed by atoms with Crippen molar-refractivity contribution >= 4 is 11.6 Å². The minimum atomic E-state index is -0.801. The van der Waals surface area contributed by atoms with Gasteiger partial charge >= 0.3 is 0 Å². The molecule has 0 aliphatic heterocycles. The molecule has 1 N–H and O–H groups in total.